The molecule has 1 aliphatic rings. The smallest absolute Gasteiger partial charge is 0.406 e. The quantitative estimate of drug-likeness (QED) is 0.841. The second-order valence-electron chi connectivity index (χ2n) is 4.63. The summed E-state index contributed by atoms with van der Waals surface area (Å²) in [6, 6.07) is 5.10. The van der Waals surface area contributed by atoms with Crippen molar-refractivity contribution in [2.24, 2.45) is 0 Å². The average molecular weight is 318 g/mol. The van der Waals surface area contributed by atoms with E-state index in [-0.39, 0.29) is 16.8 Å². The van der Waals surface area contributed by atoms with Gasteiger partial charge in [-0.3, -0.25) is 4.79 Å². The Balaban J connectivity index is 1.87. The van der Waals surface area contributed by atoms with Crippen LogP contribution in [-0.4, -0.2) is 23.3 Å². The molecule has 0 unspecified atom stereocenters. The summed E-state index contributed by atoms with van der Waals surface area (Å²) >= 11 is 4.95. The Morgan fingerprint density at radius 3 is 2.33 bits per heavy atom. The molecule has 1 fully saturated rings. The highest BCUT2D eigenvalue weighted by Gasteiger charge is 2.31. The van der Waals surface area contributed by atoms with Gasteiger partial charge in [0.2, 0.25) is 0 Å². The van der Waals surface area contributed by atoms with E-state index in [1.807, 2.05) is 0 Å². The third-order valence-electron chi connectivity index (χ3n) is 2.99. The number of carbonyl (C=O) groups excluding carboxylic acids is 1. The zero-order valence-electron chi connectivity index (χ0n) is 10.9. The first kappa shape index (κ1) is 15.6. The first-order chi connectivity index (χ1) is 9.83. The fourth-order valence-corrected chi connectivity index (χ4v) is 1.95. The van der Waals surface area contributed by atoms with Crippen LogP contribution >= 0.6 is 12.2 Å². The maximum Gasteiger partial charge on any atom is 0.573 e. The predicted octanol–water partition coefficient (Wildman–Crippen LogP) is 2.99. The molecule has 114 valence electrons. The SMILES string of the molecule is O=C(Nc1ccc(OC(F)(F)F)cc1)C(=S)NC1CCC1. The van der Waals surface area contributed by atoms with Crippen LogP contribution in [0.15, 0.2) is 24.3 Å². The molecule has 2 rings (SSSR count). The number of benzene rings is 1. The van der Waals surface area contributed by atoms with Crippen LogP contribution in [-0.2, 0) is 4.79 Å². The predicted molar refractivity (Wildman–Crippen MR) is 75.1 cm³/mol. The molecule has 1 amide bonds. The van der Waals surface area contributed by atoms with Gasteiger partial charge >= 0.3 is 6.36 Å². The van der Waals surface area contributed by atoms with Crippen molar-refractivity contribution in [3.05, 3.63) is 24.3 Å². The van der Waals surface area contributed by atoms with E-state index in [0.717, 1.165) is 31.4 Å². The lowest BCUT2D eigenvalue weighted by Crippen LogP contribution is -2.43. The molecule has 8 heteroatoms. The molecular formula is C13H13F3N2O2S. The Hall–Kier alpha value is -1.83. The molecule has 1 aromatic rings. The molecule has 1 aliphatic carbocycles. The Labute approximate surface area is 124 Å². The maximum absolute atomic E-state index is 12.0. The van der Waals surface area contributed by atoms with Crippen LogP contribution in [0.2, 0.25) is 0 Å². The largest absolute Gasteiger partial charge is 0.573 e. The van der Waals surface area contributed by atoms with Crippen molar-refractivity contribution in [1.29, 1.82) is 0 Å². The van der Waals surface area contributed by atoms with Gasteiger partial charge in [0.25, 0.3) is 5.91 Å². The van der Waals surface area contributed by atoms with Crippen molar-refractivity contribution < 1.29 is 22.7 Å². The monoisotopic (exact) mass is 318 g/mol. The van der Waals surface area contributed by atoms with E-state index in [2.05, 4.69) is 15.4 Å². The molecule has 0 saturated heterocycles. The lowest BCUT2D eigenvalue weighted by atomic mass is 9.93. The zero-order chi connectivity index (χ0) is 15.5. The van der Waals surface area contributed by atoms with E-state index in [4.69, 9.17) is 12.2 Å². The van der Waals surface area contributed by atoms with E-state index >= 15 is 0 Å². The maximum atomic E-state index is 12.0. The number of rotatable bonds is 3. The molecule has 0 atom stereocenters. The van der Waals surface area contributed by atoms with Gasteiger partial charge in [-0.15, -0.1) is 13.2 Å². The minimum Gasteiger partial charge on any atom is -0.406 e. The molecular weight excluding hydrogens is 305 g/mol. The number of amides is 1. The van der Waals surface area contributed by atoms with Crippen LogP contribution in [0.5, 0.6) is 5.75 Å². The third-order valence-corrected chi connectivity index (χ3v) is 3.30. The molecule has 4 nitrogen and oxygen atoms in total. The van der Waals surface area contributed by atoms with Gasteiger partial charge in [-0.05, 0) is 43.5 Å². The van der Waals surface area contributed by atoms with E-state index in [1.165, 1.54) is 12.1 Å². The number of hydrogen-bond acceptors (Lipinski definition) is 3. The van der Waals surface area contributed by atoms with E-state index < -0.39 is 12.3 Å². The summed E-state index contributed by atoms with van der Waals surface area (Å²) in [5.41, 5.74) is 0.340. The summed E-state index contributed by atoms with van der Waals surface area (Å²) in [5.74, 6) is -0.836. The highest BCUT2D eigenvalue weighted by molar-refractivity contribution is 7.82. The summed E-state index contributed by atoms with van der Waals surface area (Å²) in [6.07, 6.45) is -1.66. The molecule has 0 radical (unpaired) electrons. The summed E-state index contributed by atoms with van der Waals surface area (Å²) in [6.45, 7) is 0. The number of carbonyl (C=O) groups is 1. The minimum atomic E-state index is -4.74. The number of ether oxygens (including phenoxy) is 1. The van der Waals surface area contributed by atoms with Crippen LogP contribution in [0.1, 0.15) is 19.3 Å². The normalized spacial score (nSPS) is 15.0. The van der Waals surface area contributed by atoms with Crippen LogP contribution in [0.4, 0.5) is 18.9 Å². The Bertz CT molecular complexity index is 527. The molecule has 0 bridgehead atoms. The fraction of sp³-hybridized carbons (Fsp3) is 0.385. The fourth-order valence-electron chi connectivity index (χ4n) is 1.73. The van der Waals surface area contributed by atoms with E-state index in [1.54, 1.807) is 0 Å². The summed E-state index contributed by atoms with van der Waals surface area (Å²) in [5, 5.41) is 5.43. The van der Waals surface area contributed by atoms with Crippen LogP contribution in [0, 0.1) is 0 Å². The lowest BCUT2D eigenvalue weighted by molar-refractivity contribution is -0.274. The van der Waals surface area contributed by atoms with Gasteiger partial charge in [-0.2, -0.15) is 0 Å². The topological polar surface area (TPSA) is 50.4 Å². The van der Waals surface area contributed by atoms with Gasteiger partial charge in [-0.1, -0.05) is 12.2 Å². The highest BCUT2D eigenvalue weighted by atomic mass is 32.1. The zero-order valence-corrected chi connectivity index (χ0v) is 11.7. The first-order valence-electron chi connectivity index (χ1n) is 6.31. The number of halogens is 3. The van der Waals surface area contributed by atoms with Crippen molar-refractivity contribution in [2.45, 2.75) is 31.7 Å². The average Bonchev–Trinajstić information content (AvgIpc) is 2.34. The highest BCUT2D eigenvalue weighted by Crippen LogP contribution is 2.24. The van der Waals surface area contributed by atoms with Crippen LogP contribution < -0.4 is 15.4 Å². The van der Waals surface area contributed by atoms with Gasteiger partial charge in [-0.25, -0.2) is 0 Å². The van der Waals surface area contributed by atoms with Gasteiger partial charge in [0.15, 0.2) is 4.99 Å². The molecule has 21 heavy (non-hydrogen) atoms. The molecule has 0 spiro atoms. The first-order valence-corrected chi connectivity index (χ1v) is 6.72. The molecule has 1 aromatic carbocycles. The number of anilines is 1. The van der Waals surface area contributed by atoms with Crippen molar-refractivity contribution in [2.75, 3.05) is 5.32 Å². The van der Waals surface area contributed by atoms with Crippen LogP contribution in [0.25, 0.3) is 0 Å². The van der Waals surface area contributed by atoms with Crippen LogP contribution in [0.3, 0.4) is 0 Å². The Morgan fingerprint density at radius 2 is 1.86 bits per heavy atom. The Morgan fingerprint density at radius 1 is 1.24 bits per heavy atom. The van der Waals surface area contributed by atoms with E-state index in [0.29, 0.717) is 5.69 Å². The summed E-state index contributed by atoms with van der Waals surface area (Å²) < 4.78 is 39.7. The van der Waals surface area contributed by atoms with Gasteiger partial charge in [0.05, 0.1) is 0 Å². The number of hydrogen-bond donors (Lipinski definition) is 2. The second-order valence-corrected chi connectivity index (χ2v) is 5.04. The molecule has 2 N–H and O–H groups in total. The minimum absolute atomic E-state index is 0.0790. The van der Waals surface area contributed by atoms with Crippen molar-refractivity contribution in [3.8, 4) is 5.75 Å². The summed E-state index contributed by atoms with van der Waals surface area (Å²) in [4.78, 5) is 11.9. The molecule has 1 saturated carbocycles. The third kappa shape index (κ3) is 4.89. The molecule has 0 aromatic heterocycles. The van der Waals surface area contributed by atoms with Gasteiger partial charge in [0.1, 0.15) is 5.75 Å². The summed E-state index contributed by atoms with van der Waals surface area (Å²) in [7, 11) is 0. The van der Waals surface area contributed by atoms with Gasteiger partial charge in [0, 0.05) is 11.7 Å². The molecule has 0 aliphatic heterocycles. The van der Waals surface area contributed by atoms with Gasteiger partial charge < -0.3 is 15.4 Å². The number of nitrogens with one attached hydrogen (secondary N) is 2. The lowest BCUT2D eigenvalue weighted by Gasteiger charge is -2.27. The van der Waals surface area contributed by atoms with E-state index in [9.17, 15) is 18.0 Å². The van der Waals surface area contributed by atoms with Crippen molar-refractivity contribution in [3.63, 3.8) is 0 Å². The Kier molecular flexibility index (Phi) is 4.66. The number of alkyl halides is 3. The standard InChI is InChI=1S/C13H13F3N2O2S/c14-13(15,16)20-10-6-4-9(5-7-10)17-11(19)12(21)18-8-2-1-3-8/h4-8H,1-3H2,(H,17,19)(H,18,21). The number of thiocarbonyl (C=S) groups is 1. The van der Waals surface area contributed by atoms with Crippen molar-refractivity contribution in [1.82, 2.24) is 5.32 Å². The second kappa shape index (κ2) is 6.30. The van der Waals surface area contributed by atoms with Crippen molar-refractivity contribution >= 4 is 28.8 Å². The molecule has 0 heterocycles.